The molecule has 2 aliphatic rings. The second-order valence-corrected chi connectivity index (χ2v) is 11.6. The highest BCUT2D eigenvalue weighted by atomic mass is 16.3. The van der Waals surface area contributed by atoms with Crippen LogP contribution in [0.15, 0.2) is 48.7 Å². The number of fused-ring (bicyclic) bond motifs is 9. The highest BCUT2D eigenvalue weighted by Crippen LogP contribution is 2.48. The SMILES string of the molecule is CN1CCN(CC(=O)Nc2ccc3c(c2)c2c4c(O)[nH]cc4c4c5ccccc5n5c4c2n3CC(O)C(O)C5)CC1. The summed E-state index contributed by atoms with van der Waals surface area (Å²) in [5.41, 5.74) is 4.33. The van der Waals surface area contributed by atoms with Gasteiger partial charge >= 0.3 is 0 Å². The van der Waals surface area contributed by atoms with Gasteiger partial charge in [0.1, 0.15) is 0 Å². The minimum Gasteiger partial charge on any atom is -0.494 e. The quantitative estimate of drug-likeness (QED) is 0.230. The first-order valence-corrected chi connectivity index (χ1v) is 14.1. The number of piperazine rings is 1. The fourth-order valence-electron chi connectivity index (χ4n) is 7.02. The summed E-state index contributed by atoms with van der Waals surface area (Å²) >= 11 is 0. The van der Waals surface area contributed by atoms with Crippen molar-refractivity contribution in [3.8, 4) is 5.88 Å². The van der Waals surface area contributed by atoms with E-state index in [4.69, 9.17) is 0 Å². The van der Waals surface area contributed by atoms with Gasteiger partial charge in [0.25, 0.3) is 0 Å². The fourth-order valence-corrected chi connectivity index (χ4v) is 7.02. The molecule has 41 heavy (non-hydrogen) atoms. The molecule has 0 radical (unpaired) electrons. The molecule has 0 bridgehead atoms. The van der Waals surface area contributed by atoms with Crippen LogP contribution in [0.25, 0.3) is 54.4 Å². The number of benzene rings is 3. The number of rotatable bonds is 3. The molecule has 0 saturated carbocycles. The third kappa shape index (κ3) is 3.61. The van der Waals surface area contributed by atoms with E-state index in [0.29, 0.717) is 17.6 Å². The van der Waals surface area contributed by atoms with Crippen LogP contribution in [0, 0.1) is 0 Å². The summed E-state index contributed by atoms with van der Waals surface area (Å²) in [4.78, 5) is 20.5. The Kier molecular flexibility index (Phi) is 5.39. The molecule has 3 aromatic heterocycles. The van der Waals surface area contributed by atoms with Crippen molar-refractivity contribution in [2.24, 2.45) is 0 Å². The maximum absolute atomic E-state index is 13.0. The molecule has 5 heterocycles. The van der Waals surface area contributed by atoms with E-state index in [1.807, 2.05) is 42.6 Å². The molecule has 1 saturated heterocycles. The third-order valence-electron chi connectivity index (χ3n) is 9.07. The number of hydrogen-bond donors (Lipinski definition) is 5. The van der Waals surface area contributed by atoms with Crippen LogP contribution >= 0.6 is 0 Å². The molecule has 2 unspecified atom stereocenters. The summed E-state index contributed by atoms with van der Waals surface area (Å²) in [7, 11) is 2.09. The van der Waals surface area contributed by atoms with Gasteiger partial charge in [0.2, 0.25) is 5.91 Å². The van der Waals surface area contributed by atoms with E-state index in [1.54, 1.807) is 0 Å². The van der Waals surface area contributed by atoms with Crippen molar-refractivity contribution >= 4 is 66.0 Å². The summed E-state index contributed by atoms with van der Waals surface area (Å²) in [6.07, 6.45) is -0.111. The van der Waals surface area contributed by atoms with Gasteiger partial charge in [0.05, 0.1) is 48.3 Å². The number of aliphatic hydroxyl groups excluding tert-OH is 2. The van der Waals surface area contributed by atoms with E-state index in [2.05, 4.69) is 42.3 Å². The van der Waals surface area contributed by atoms with E-state index < -0.39 is 12.2 Å². The van der Waals surface area contributed by atoms with E-state index in [9.17, 15) is 20.1 Å². The Morgan fingerprint density at radius 2 is 1.56 bits per heavy atom. The van der Waals surface area contributed by atoms with Gasteiger partial charge in [-0.05, 0) is 31.3 Å². The Morgan fingerprint density at radius 1 is 0.878 bits per heavy atom. The molecule has 1 amide bonds. The van der Waals surface area contributed by atoms with Crippen molar-refractivity contribution in [1.82, 2.24) is 23.9 Å². The average Bonchev–Trinajstić information content (AvgIpc) is 3.59. The van der Waals surface area contributed by atoms with Gasteiger partial charge in [0.15, 0.2) is 5.88 Å². The molecule has 8 rings (SSSR count). The smallest absolute Gasteiger partial charge is 0.238 e. The number of likely N-dealkylation sites (N-methyl/N-ethyl adjacent to an activating group) is 1. The summed E-state index contributed by atoms with van der Waals surface area (Å²) in [6.45, 7) is 4.39. The number of H-pyrrole nitrogens is 1. The van der Waals surface area contributed by atoms with Crippen molar-refractivity contribution < 1.29 is 20.1 Å². The maximum atomic E-state index is 13.0. The predicted molar refractivity (Wildman–Crippen MR) is 161 cm³/mol. The highest BCUT2D eigenvalue weighted by molar-refractivity contribution is 6.37. The van der Waals surface area contributed by atoms with E-state index in [-0.39, 0.29) is 24.9 Å². The number of carbonyl (C=O) groups excluding carboxylic acids is 1. The first-order chi connectivity index (χ1) is 19.9. The largest absolute Gasteiger partial charge is 0.494 e. The Hall–Kier alpha value is -4.09. The Bertz CT molecular complexity index is 2010. The lowest BCUT2D eigenvalue weighted by molar-refractivity contribution is -0.117. The highest BCUT2D eigenvalue weighted by Gasteiger charge is 2.30. The Labute approximate surface area is 235 Å². The van der Waals surface area contributed by atoms with Crippen LogP contribution in [-0.4, -0.2) is 97.1 Å². The summed E-state index contributed by atoms with van der Waals surface area (Å²) in [6, 6.07) is 13.9. The van der Waals surface area contributed by atoms with Crippen LogP contribution < -0.4 is 5.32 Å². The van der Waals surface area contributed by atoms with Crippen molar-refractivity contribution in [3.63, 3.8) is 0 Å². The van der Waals surface area contributed by atoms with Gasteiger partial charge < -0.3 is 39.7 Å². The summed E-state index contributed by atoms with van der Waals surface area (Å²) in [5, 5.41) is 41.6. The summed E-state index contributed by atoms with van der Waals surface area (Å²) < 4.78 is 4.15. The molecule has 2 atom stereocenters. The number of carbonyl (C=O) groups is 1. The van der Waals surface area contributed by atoms with Crippen LogP contribution in [0.3, 0.4) is 0 Å². The number of anilines is 1. The molecule has 6 aromatic rings. The van der Waals surface area contributed by atoms with Crippen LogP contribution in [0.5, 0.6) is 5.88 Å². The molecule has 3 aromatic carbocycles. The Morgan fingerprint density at radius 3 is 2.32 bits per heavy atom. The lowest BCUT2D eigenvalue weighted by Gasteiger charge is -2.31. The number of hydrogen-bond acceptors (Lipinski definition) is 6. The van der Waals surface area contributed by atoms with Crippen LogP contribution in [0.1, 0.15) is 0 Å². The van der Waals surface area contributed by atoms with Crippen molar-refractivity contribution in [3.05, 3.63) is 48.7 Å². The molecule has 0 spiro atoms. The van der Waals surface area contributed by atoms with Gasteiger partial charge in [-0.15, -0.1) is 0 Å². The lowest BCUT2D eigenvalue weighted by atomic mass is 10.0. The molecule has 10 nitrogen and oxygen atoms in total. The monoisotopic (exact) mass is 552 g/mol. The molecule has 210 valence electrons. The molecule has 5 N–H and O–H groups in total. The maximum Gasteiger partial charge on any atom is 0.238 e. The number of aromatic hydroxyl groups is 1. The summed E-state index contributed by atoms with van der Waals surface area (Å²) in [5.74, 6) is 0.0104. The standard InChI is InChI=1S/C31H32N6O4/c1-34-8-10-35(11-9-34)16-25(40)33-17-6-7-22-19(12-17)27-28-20(13-32-31(28)41)26-18-4-2-3-5-21(18)36-14-23(38)24(39)15-37(22)30(27)29(26)36/h2-7,12-13,23-24,32,38-39,41H,8-11,14-16H2,1H3,(H,33,40). The molecule has 2 aliphatic heterocycles. The minimum atomic E-state index is -0.989. The third-order valence-corrected chi connectivity index (χ3v) is 9.07. The normalized spacial score (nSPS) is 20.6. The average molecular weight is 553 g/mol. The number of aromatic nitrogens is 3. The number of para-hydroxylation sites is 1. The molecular weight excluding hydrogens is 520 g/mol. The van der Waals surface area contributed by atoms with E-state index in [1.165, 1.54) is 0 Å². The van der Waals surface area contributed by atoms with E-state index in [0.717, 1.165) is 75.2 Å². The van der Waals surface area contributed by atoms with Crippen molar-refractivity contribution in [1.29, 1.82) is 0 Å². The van der Waals surface area contributed by atoms with Crippen molar-refractivity contribution in [2.75, 3.05) is 45.1 Å². The molecule has 0 aliphatic carbocycles. The Balaban J connectivity index is 1.37. The zero-order chi connectivity index (χ0) is 28.0. The van der Waals surface area contributed by atoms with Gasteiger partial charge in [0, 0.05) is 76.0 Å². The van der Waals surface area contributed by atoms with Gasteiger partial charge in [-0.25, -0.2) is 0 Å². The zero-order valence-corrected chi connectivity index (χ0v) is 22.8. The lowest BCUT2D eigenvalue weighted by Crippen LogP contribution is -2.47. The van der Waals surface area contributed by atoms with Gasteiger partial charge in [-0.2, -0.15) is 0 Å². The van der Waals surface area contributed by atoms with Gasteiger partial charge in [-0.1, -0.05) is 18.2 Å². The second-order valence-electron chi connectivity index (χ2n) is 11.6. The number of nitrogens with zero attached hydrogens (tertiary/aromatic N) is 4. The molecular formula is C31H32N6O4. The van der Waals surface area contributed by atoms with Gasteiger partial charge in [-0.3, -0.25) is 9.69 Å². The predicted octanol–water partition coefficient (Wildman–Crippen LogP) is 3.01. The number of amides is 1. The number of aliphatic hydroxyl groups is 2. The number of nitrogens with one attached hydrogen (secondary N) is 2. The first-order valence-electron chi connectivity index (χ1n) is 14.1. The van der Waals surface area contributed by atoms with Crippen LogP contribution in [0.4, 0.5) is 5.69 Å². The zero-order valence-electron chi connectivity index (χ0n) is 22.8. The van der Waals surface area contributed by atoms with E-state index >= 15 is 0 Å². The topological polar surface area (TPSA) is 122 Å². The number of aromatic amines is 1. The van der Waals surface area contributed by atoms with Crippen LogP contribution in [-0.2, 0) is 17.9 Å². The first kappa shape index (κ1) is 24.7. The van der Waals surface area contributed by atoms with Crippen LogP contribution in [0.2, 0.25) is 0 Å². The molecule has 1 fully saturated rings. The van der Waals surface area contributed by atoms with Crippen molar-refractivity contribution in [2.45, 2.75) is 25.3 Å². The minimum absolute atomic E-state index is 0.0637. The molecule has 10 heteroatoms. The second kappa shape index (κ2) is 8.95. The fraction of sp³-hybridized carbons (Fsp3) is 0.323.